The normalized spacial score (nSPS) is 16.5. The fraction of sp³-hybridized carbons (Fsp3) is 0.571. The van der Waals surface area contributed by atoms with Gasteiger partial charge in [0.25, 0.3) is 0 Å². The molecule has 3 amide bonds. The fourth-order valence-corrected chi connectivity index (χ4v) is 1.91. The van der Waals surface area contributed by atoms with E-state index in [1.807, 2.05) is 0 Å². The van der Waals surface area contributed by atoms with E-state index >= 15 is 0 Å². The van der Waals surface area contributed by atoms with Gasteiger partial charge in [0, 0.05) is 12.6 Å². The summed E-state index contributed by atoms with van der Waals surface area (Å²) in [6, 6.07) is -1.91. The summed E-state index contributed by atoms with van der Waals surface area (Å²) in [6.07, 6.45) is 3.03. The Kier molecular flexibility index (Phi) is 6.09. The third-order valence-electron chi connectivity index (χ3n) is 3.23. The van der Waals surface area contributed by atoms with E-state index in [-0.39, 0.29) is 18.4 Å². The second-order valence-electron chi connectivity index (χ2n) is 5.48. The molecule has 3 N–H and O–H groups in total. The summed E-state index contributed by atoms with van der Waals surface area (Å²) in [4.78, 5) is 47.5. The van der Waals surface area contributed by atoms with Crippen molar-refractivity contribution in [3.63, 3.8) is 0 Å². The van der Waals surface area contributed by atoms with Crippen molar-refractivity contribution in [1.82, 2.24) is 15.5 Å². The Bertz CT molecular complexity index is 501. The van der Waals surface area contributed by atoms with Crippen molar-refractivity contribution in [2.24, 2.45) is 5.92 Å². The highest BCUT2D eigenvalue weighted by atomic mass is 16.4. The molecule has 2 atom stereocenters. The van der Waals surface area contributed by atoms with Gasteiger partial charge in [-0.3, -0.25) is 19.2 Å². The van der Waals surface area contributed by atoms with Gasteiger partial charge < -0.3 is 20.6 Å². The molecule has 0 bridgehead atoms. The number of rotatable bonds is 7. The Morgan fingerprint density at radius 2 is 1.91 bits per heavy atom. The summed E-state index contributed by atoms with van der Waals surface area (Å²) in [5.74, 6) is -2.66. The van der Waals surface area contributed by atoms with Crippen LogP contribution in [0.1, 0.15) is 20.8 Å². The standard InChI is InChI=1S/C14H21N3O5/c1-8(2)12(13(20)15-9(3)14(21)22)16-10(18)7-17-6-4-5-11(17)19/h4-5,8-9,12H,6-7H2,1-3H3,(H,15,20)(H,16,18)(H,21,22)/t9-,12-/m0/s1. The van der Waals surface area contributed by atoms with Gasteiger partial charge in [0.05, 0.1) is 0 Å². The lowest BCUT2D eigenvalue weighted by atomic mass is 10.0. The van der Waals surface area contributed by atoms with Crippen LogP contribution in [0.5, 0.6) is 0 Å². The van der Waals surface area contributed by atoms with E-state index in [0.717, 1.165) is 0 Å². The van der Waals surface area contributed by atoms with Crippen LogP contribution in [0.25, 0.3) is 0 Å². The van der Waals surface area contributed by atoms with Crippen molar-refractivity contribution in [1.29, 1.82) is 0 Å². The number of hydrogen-bond acceptors (Lipinski definition) is 4. The van der Waals surface area contributed by atoms with Crippen LogP contribution in [0, 0.1) is 5.92 Å². The van der Waals surface area contributed by atoms with Crippen molar-refractivity contribution >= 4 is 23.7 Å². The minimum atomic E-state index is -1.16. The van der Waals surface area contributed by atoms with Gasteiger partial charge in [-0.25, -0.2) is 0 Å². The van der Waals surface area contributed by atoms with Gasteiger partial charge in [-0.2, -0.15) is 0 Å². The zero-order chi connectivity index (χ0) is 16.9. The molecule has 8 nitrogen and oxygen atoms in total. The van der Waals surface area contributed by atoms with E-state index in [2.05, 4.69) is 10.6 Å². The van der Waals surface area contributed by atoms with Crippen LogP contribution in [0.3, 0.4) is 0 Å². The maximum atomic E-state index is 12.1. The van der Waals surface area contributed by atoms with Gasteiger partial charge in [0.2, 0.25) is 17.7 Å². The lowest BCUT2D eigenvalue weighted by Crippen LogP contribution is -2.54. The first-order chi connectivity index (χ1) is 10.2. The molecule has 0 saturated carbocycles. The van der Waals surface area contributed by atoms with Crippen molar-refractivity contribution in [3.8, 4) is 0 Å². The van der Waals surface area contributed by atoms with Crippen LogP contribution < -0.4 is 10.6 Å². The molecule has 0 saturated heterocycles. The lowest BCUT2D eigenvalue weighted by Gasteiger charge is -2.24. The summed E-state index contributed by atoms with van der Waals surface area (Å²) >= 11 is 0. The van der Waals surface area contributed by atoms with Crippen molar-refractivity contribution < 1.29 is 24.3 Å². The highest BCUT2D eigenvalue weighted by molar-refractivity contribution is 5.95. The molecule has 22 heavy (non-hydrogen) atoms. The van der Waals surface area contributed by atoms with Gasteiger partial charge >= 0.3 is 5.97 Å². The zero-order valence-corrected chi connectivity index (χ0v) is 12.8. The van der Waals surface area contributed by atoms with E-state index in [4.69, 9.17) is 5.11 Å². The minimum Gasteiger partial charge on any atom is -0.480 e. The number of amides is 3. The fourth-order valence-electron chi connectivity index (χ4n) is 1.91. The Morgan fingerprint density at radius 1 is 1.27 bits per heavy atom. The Labute approximate surface area is 128 Å². The number of nitrogens with one attached hydrogen (secondary N) is 2. The molecule has 0 aliphatic carbocycles. The van der Waals surface area contributed by atoms with Crippen LogP contribution in [0.4, 0.5) is 0 Å². The molecule has 0 spiro atoms. The SMILES string of the molecule is CC(C)[C@H](NC(=O)CN1CC=CC1=O)C(=O)N[C@@H](C)C(=O)O. The minimum absolute atomic E-state index is 0.142. The molecule has 1 aliphatic heterocycles. The van der Waals surface area contributed by atoms with Gasteiger partial charge in [-0.1, -0.05) is 19.9 Å². The smallest absolute Gasteiger partial charge is 0.325 e. The topological polar surface area (TPSA) is 116 Å². The molecule has 1 heterocycles. The van der Waals surface area contributed by atoms with Crippen LogP contribution >= 0.6 is 0 Å². The number of aliphatic carboxylic acids is 1. The maximum Gasteiger partial charge on any atom is 0.325 e. The second kappa shape index (κ2) is 7.58. The summed E-state index contributed by atoms with van der Waals surface area (Å²) in [5, 5.41) is 13.7. The molecule has 8 heteroatoms. The average molecular weight is 311 g/mol. The largest absolute Gasteiger partial charge is 0.480 e. The van der Waals surface area contributed by atoms with Gasteiger partial charge in [0.1, 0.15) is 18.6 Å². The van der Waals surface area contributed by atoms with Crippen LogP contribution in [0.2, 0.25) is 0 Å². The molecular formula is C14H21N3O5. The van der Waals surface area contributed by atoms with Crippen LogP contribution in [-0.2, 0) is 19.2 Å². The first-order valence-corrected chi connectivity index (χ1v) is 7.00. The lowest BCUT2D eigenvalue weighted by molar-refractivity contribution is -0.142. The Morgan fingerprint density at radius 3 is 2.36 bits per heavy atom. The Hall–Kier alpha value is -2.38. The van der Waals surface area contributed by atoms with E-state index in [1.54, 1.807) is 19.9 Å². The molecule has 0 radical (unpaired) electrons. The van der Waals surface area contributed by atoms with Gasteiger partial charge in [0.15, 0.2) is 0 Å². The Balaban J connectivity index is 2.59. The number of carboxylic acid groups (broad SMARTS) is 1. The predicted octanol–water partition coefficient (Wildman–Crippen LogP) is -0.885. The third kappa shape index (κ3) is 4.87. The number of hydrogen-bond donors (Lipinski definition) is 3. The molecule has 1 rings (SSSR count). The highest BCUT2D eigenvalue weighted by Gasteiger charge is 2.28. The molecule has 0 aromatic heterocycles. The number of nitrogens with zero attached hydrogens (tertiary/aromatic N) is 1. The second-order valence-corrected chi connectivity index (χ2v) is 5.48. The molecular weight excluding hydrogens is 290 g/mol. The zero-order valence-electron chi connectivity index (χ0n) is 12.8. The number of carbonyl (C=O) groups excluding carboxylic acids is 3. The summed E-state index contributed by atoms with van der Waals surface area (Å²) in [7, 11) is 0. The predicted molar refractivity (Wildman–Crippen MR) is 77.7 cm³/mol. The van der Waals surface area contributed by atoms with E-state index < -0.39 is 29.9 Å². The first-order valence-electron chi connectivity index (χ1n) is 7.00. The van der Waals surface area contributed by atoms with Crippen molar-refractivity contribution in [2.45, 2.75) is 32.9 Å². The van der Waals surface area contributed by atoms with E-state index in [1.165, 1.54) is 17.9 Å². The molecule has 0 unspecified atom stereocenters. The molecule has 122 valence electrons. The monoisotopic (exact) mass is 311 g/mol. The summed E-state index contributed by atoms with van der Waals surface area (Å²) in [6.45, 7) is 5.03. The number of carbonyl (C=O) groups is 4. The molecule has 0 aromatic rings. The quantitative estimate of drug-likeness (QED) is 0.564. The first kappa shape index (κ1) is 17.7. The third-order valence-corrected chi connectivity index (χ3v) is 3.23. The molecule has 0 fully saturated rings. The maximum absolute atomic E-state index is 12.1. The van der Waals surface area contributed by atoms with Crippen molar-refractivity contribution in [2.75, 3.05) is 13.1 Å². The van der Waals surface area contributed by atoms with E-state index in [0.29, 0.717) is 6.54 Å². The van der Waals surface area contributed by atoms with E-state index in [9.17, 15) is 19.2 Å². The van der Waals surface area contributed by atoms with Crippen LogP contribution in [0.15, 0.2) is 12.2 Å². The van der Waals surface area contributed by atoms with Gasteiger partial charge in [-0.05, 0) is 12.8 Å². The molecule has 0 aromatic carbocycles. The van der Waals surface area contributed by atoms with Gasteiger partial charge in [-0.15, -0.1) is 0 Å². The highest BCUT2D eigenvalue weighted by Crippen LogP contribution is 2.04. The van der Waals surface area contributed by atoms with Crippen LogP contribution in [-0.4, -0.2) is 58.9 Å². The summed E-state index contributed by atoms with van der Waals surface area (Å²) in [5.41, 5.74) is 0. The average Bonchev–Trinajstić information content (AvgIpc) is 2.80. The summed E-state index contributed by atoms with van der Waals surface area (Å²) < 4.78 is 0. The number of carboxylic acids is 1. The van der Waals surface area contributed by atoms with Crippen molar-refractivity contribution in [3.05, 3.63) is 12.2 Å². The molecule has 1 aliphatic rings.